The van der Waals surface area contributed by atoms with E-state index in [4.69, 9.17) is 9.15 Å². The molecule has 0 spiro atoms. The lowest BCUT2D eigenvalue weighted by atomic mass is 10.3. The molecule has 1 heterocycles. The average Bonchev–Trinajstić information content (AvgIpc) is 2.86. The van der Waals surface area contributed by atoms with Crippen LogP contribution >= 0.6 is 0 Å². The van der Waals surface area contributed by atoms with Gasteiger partial charge < -0.3 is 14.5 Å². The van der Waals surface area contributed by atoms with Gasteiger partial charge in [-0.1, -0.05) is 25.1 Å². The zero-order valence-corrected chi connectivity index (χ0v) is 10.7. The lowest BCUT2D eigenvalue weighted by Crippen LogP contribution is -2.13. The molecule has 0 radical (unpaired) electrons. The standard InChI is InChI=1S/C15H19NO2/c1-2-10-16-11-14-8-9-15(18-14)12-17-13-6-4-3-5-7-13/h3-9,16H,2,10-12H2,1H3. The average molecular weight is 245 g/mol. The van der Waals surface area contributed by atoms with E-state index in [9.17, 15) is 0 Å². The highest BCUT2D eigenvalue weighted by Crippen LogP contribution is 2.13. The molecule has 1 aromatic heterocycles. The highest BCUT2D eigenvalue weighted by molar-refractivity contribution is 5.21. The highest BCUT2D eigenvalue weighted by Gasteiger charge is 2.02. The van der Waals surface area contributed by atoms with E-state index in [1.54, 1.807) is 0 Å². The van der Waals surface area contributed by atoms with Gasteiger partial charge in [0, 0.05) is 0 Å². The molecule has 18 heavy (non-hydrogen) atoms. The molecular formula is C15H19NO2. The zero-order chi connectivity index (χ0) is 12.6. The lowest BCUT2D eigenvalue weighted by Gasteiger charge is -2.03. The number of para-hydroxylation sites is 1. The molecule has 0 aliphatic carbocycles. The van der Waals surface area contributed by atoms with E-state index in [1.165, 1.54) is 0 Å². The Hall–Kier alpha value is -1.74. The second-order valence-corrected chi connectivity index (χ2v) is 4.15. The van der Waals surface area contributed by atoms with Crippen LogP contribution in [-0.4, -0.2) is 6.54 Å². The Labute approximate surface area is 108 Å². The van der Waals surface area contributed by atoms with Crippen LogP contribution in [0, 0.1) is 0 Å². The molecule has 3 heteroatoms. The smallest absolute Gasteiger partial charge is 0.146 e. The molecule has 2 rings (SSSR count). The molecule has 1 N–H and O–H groups in total. The third kappa shape index (κ3) is 3.93. The van der Waals surface area contributed by atoms with Crippen LogP contribution < -0.4 is 10.1 Å². The molecular weight excluding hydrogens is 226 g/mol. The fraction of sp³-hybridized carbons (Fsp3) is 0.333. The van der Waals surface area contributed by atoms with Crippen LogP contribution in [0.4, 0.5) is 0 Å². The van der Waals surface area contributed by atoms with Crippen LogP contribution in [-0.2, 0) is 13.2 Å². The van der Waals surface area contributed by atoms with Gasteiger partial charge in [0.15, 0.2) is 0 Å². The van der Waals surface area contributed by atoms with Gasteiger partial charge in [0.2, 0.25) is 0 Å². The molecule has 0 amide bonds. The second kappa shape index (κ2) is 6.87. The number of rotatable bonds is 7. The van der Waals surface area contributed by atoms with E-state index in [0.29, 0.717) is 6.61 Å². The summed E-state index contributed by atoms with van der Waals surface area (Å²) in [4.78, 5) is 0. The number of nitrogens with one attached hydrogen (secondary N) is 1. The van der Waals surface area contributed by atoms with E-state index in [2.05, 4.69) is 12.2 Å². The molecule has 0 unspecified atom stereocenters. The Morgan fingerprint density at radius 2 is 1.83 bits per heavy atom. The molecule has 0 saturated heterocycles. The summed E-state index contributed by atoms with van der Waals surface area (Å²) in [6.07, 6.45) is 1.13. The van der Waals surface area contributed by atoms with Crippen molar-refractivity contribution in [3.05, 3.63) is 54.0 Å². The van der Waals surface area contributed by atoms with Crippen molar-refractivity contribution in [1.29, 1.82) is 0 Å². The Bertz CT molecular complexity index is 451. The normalized spacial score (nSPS) is 10.5. The maximum atomic E-state index is 5.66. The van der Waals surface area contributed by atoms with Gasteiger partial charge in [-0.2, -0.15) is 0 Å². The minimum Gasteiger partial charge on any atom is -0.486 e. The van der Waals surface area contributed by atoms with Crippen molar-refractivity contribution in [3.63, 3.8) is 0 Å². The Morgan fingerprint density at radius 1 is 1.06 bits per heavy atom. The van der Waals surface area contributed by atoms with Crippen molar-refractivity contribution in [1.82, 2.24) is 5.32 Å². The molecule has 1 aromatic carbocycles. The fourth-order valence-electron chi connectivity index (χ4n) is 1.65. The van der Waals surface area contributed by atoms with Crippen molar-refractivity contribution >= 4 is 0 Å². The second-order valence-electron chi connectivity index (χ2n) is 4.15. The highest BCUT2D eigenvalue weighted by atomic mass is 16.5. The van der Waals surface area contributed by atoms with Gasteiger partial charge in [0.05, 0.1) is 6.54 Å². The number of hydrogen-bond acceptors (Lipinski definition) is 3. The van der Waals surface area contributed by atoms with E-state index >= 15 is 0 Å². The first-order valence-corrected chi connectivity index (χ1v) is 6.34. The summed E-state index contributed by atoms with van der Waals surface area (Å²) in [5.74, 6) is 2.67. The summed E-state index contributed by atoms with van der Waals surface area (Å²) in [6.45, 7) is 4.40. The molecule has 0 bridgehead atoms. The van der Waals surface area contributed by atoms with Crippen molar-refractivity contribution in [3.8, 4) is 5.75 Å². The first-order chi connectivity index (χ1) is 8.88. The third-order valence-corrected chi connectivity index (χ3v) is 2.57. The molecule has 3 nitrogen and oxygen atoms in total. The van der Waals surface area contributed by atoms with Crippen molar-refractivity contribution in [2.45, 2.75) is 26.5 Å². The first kappa shape index (κ1) is 12.7. The molecule has 0 atom stereocenters. The van der Waals surface area contributed by atoms with Crippen LogP contribution in [0.15, 0.2) is 46.9 Å². The van der Waals surface area contributed by atoms with Crippen LogP contribution in [0.1, 0.15) is 24.9 Å². The van der Waals surface area contributed by atoms with E-state index in [0.717, 1.165) is 36.8 Å². The maximum absolute atomic E-state index is 5.66. The van der Waals surface area contributed by atoms with E-state index in [1.807, 2.05) is 42.5 Å². The van der Waals surface area contributed by atoms with Gasteiger partial charge in [-0.15, -0.1) is 0 Å². The molecule has 2 aromatic rings. The predicted molar refractivity (Wildman–Crippen MR) is 71.5 cm³/mol. The largest absolute Gasteiger partial charge is 0.486 e. The van der Waals surface area contributed by atoms with Crippen molar-refractivity contribution in [2.24, 2.45) is 0 Å². The first-order valence-electron chi connectivity index (χ1n) is 6.34. The summed E-state index contributed by atoms with van der Waals surface area (Å²) >= 11 is 0. The topological polar surface area (TPSA) is 34.4 Å². The van der Waals surface area contributed by atoms with Crippen LogP contribution in [0.25, 0.3) is 0 Å². The monoisotopic (exact) mass is 245 g/mol. The fourth-order valence-corrected chi connectivity index (χ4v) is 1.65. The Morgan fingerprint density at radius 3 is 2.61 bits per heavy atom. The minimum atomic E-state index is 0.470. The van der Waals surface area contributed by atoms with Gasteiger partial charge >= 0.3 is 0 Å². The summed E-state index contributed by atoms with van der Waals surface area (Å²) in [6, 6.07) is 13.7. The van der Waals surface area contributed by atoms with E-state index in [-0.39, 0.29) is 0 Å². The number of hydrogen-bond donors (Lipinski definition) is 1. The number of furan rings is 1. The molecule has 0 aliphatic heterocycles. The number of ether oxygens (including phenoxy) is 1. The van der Waals surface area contributed by atoms with Crippen LogP contribution in [0.5, 0.6) is 5.75 Å². The summed E-state index contributed by atoms with van der Waals surface area (Å²) in [7, 11) is 0. The van der Waals surface area contributed by atoms with Gasteiger partial charge in [-0.3, -0.25) is 0 Å². The third-order valence-electron chi connectivity index (χ3n) is 2.57. The molecule has 0 aliphatic rings. The zero-order valence-electron chi connectivity index (χ0n) is 10.7. The Kier molecular flexibility index (Phi) is 4.85. The maximum Gasteiger partial charge on any atom is 0.146 e. The summed E-state index contributed by atoms with van der Waals surface area (Å²) in [5.41, 5.74) is 0. The van der Waals surface area contributed by atoms with Gasteiger partial charge in [-0.25, -0.2) is 0 Å². The van der Waals surface area contributed by atoms with Crippen molar-refractivity contribution < 1.29 is 9.15 Å². The SMILES string of the molecule is CCCNCc1ccc(COc2ccccc2)o1. The van der Waals surface area contributed by atoms with Gasteiger partial charge in [0.25, 0.3) is 0 Å². The van der Waals surface area contributed by atoms with Crippen molar-refractivity contribution in [2.75, 3.05) is 6.54 Å². The lowest BCUT2D eigenvalue weighted by molar-refractivity contribution is 0.265. The molecule has 96 valence electrons. The minimum absolute atomic E-state index is 0.470. The molecule has 0 fully saturated rings. The predicted octanol–water partition coefficient (Wildman–Crippen LogP) is 3.36. The van der Waals surface area contributed by atoms with Crippen LogP contribution in [0.2, 0.25) is 0 Å². The summed E-state index contributed by atoms with van der Waals surface area (Å²) in [5, 5.41) is 3.30. The summed E-state index contributed by atoms with van der Waals surface area (Å²) < 4.78 is 11.3. The van der Waals surface area contributed by atoms with Gasteiger partial charge in [-0.05, 0) is 37.2 Å². The Balaban J connectivity index is 1.80. The van der Waals surface area contributed by atoms with Crippen LogP contribution in [0.3, 0.4) is 0 Å². The van der Waals surface area contributed by atoms with Gasteiger partial charge in [0.1, 0.15) is 23.9 Å². The number of benzene rings is 1. The quantitative estimate of drug-likeness (QED) is 0.759. The van der Waals surface area contributed by atoms with E-state index < -0.39 is 0 Å². The molecule has 0 saturated carbocycles.